The topological polar surface area (TPSA) is 195 Å². The van der Waals surface area contributed by atoms with Gasteiger partial charge in [0.25, 0.3) is 0 Å². The number of carboxylic acids is 1. The summed E-state index contributed by atoms with van der Waals surface area (Å²) in [5.74, 6) is -2.20. The Labute approximate surface area is 233 Å². The third-order valence-corrected chi connectivity index (χ3v) is 8.86. The van der Waals surface area contributed by atoms with Gasteiger partial charge in [-0.3, -0.25) is 15.0 Å². The molecule has 1 aliphatic rings. The molecule has 1 saturated heterocycles. The number of rotatable bonds is 13. The van der Waals surface area contributed by atoms with Crippen molar-refractivity contribution in [3.05, 3.63) is 60.2 Å². The van der Waals surface area contributed by atoms with Crippen LogP contribution in [0.3, 0.4) is 0 Å². The molecule has 0 spiro atoms. The molecule has 0 aliphatic carbocycles. The lowest BCUT2D eigenvalue weighted by atomic mass is 9.97. The molecule has 1 aliphatic heterocycles. The molecule has 2 aromatic carbocycles. The maximum Gasteiger partial charge on any atom is 0.326 e. The van der Waals surface area contributed by atoms with E-state index in [0.29, 0.717) is 43.5 Å². The Bertz CT molecular complexity index is 1320. The molecule has 1 heterocycles. The van der Waals surface area contributed by atoms with Gasteiger partial charge in [-0.2, -0.15) is 4.31 Å². The molecule has 40 heavy (non-hydrogen) atoms. The second-order valence-corrected chi connectivity index (χ2v) is 11.7. The van der Waals surface area contributed by atoms with Crippen molar-refractivity contribution in [3.63, 3.8) is 0 Å². The normalized spacial score (nSPS) is 18.0. The average molecular weight is 573 g/mol. The van der Waals surface area contributed by atoms with Crippen LogP contribution in [0.25, 0.3) is 0 Å². The van der Waals surface area contributed by atoms with E-state index in [1.54, 1.807) is 42.5 Å². The van der Waals surface area contributed by atoms with E-state index in [-0.39, 0.29) is 36.1 Å². The fourth-order valence-corrected chi connectivity index (χ4v) is 6.43. The van der Waals surface area contributed by atoms with Crippen molar-refractivity contribution in [2.45, 2.75) is 61.9 Å². The SMILES string of the molecule is C[C@@]1(C(=O)N[C@@H](Cc2ccc(NC(=O)CCCCNC(=N)N)cc2)C(=O)O)CCCN1S(=O)(=O)c1ccccc1. The van der Waals surface area contributed by atoms with Crippen molar-refractivity contribution in [1.82, 2.24) is 14.9 Å². The number of nitrogens with two attached hydrogens (primary N) is 1. The van der Waals surface area contributed by atoms with Gasteiger partial charge in [0.1, 0.15) is 11.6 Å². The molecule has 2 aromatic rings. The molecule has 0 aromatic heterocycles. The zero-order chi connectivity index (χ0) is 29.3. The summed E-state index contributed by atoms with van der Waals surface area (Å²) in [7, 11) is -3.96. The lowest BCUT2D eigenvalue weighted by Gasteiger charge is -2.34. The van der Waals surface area contributed by atoms with Gasteiger partial charge in [-0.05, 0) is 62.4 Å². The quantitative estimate of drug-likeness (QED) is 0.118. The molecule has 2 amide bonds. The zero-order valence-corrected chi connectivity index (χ0v) is 23.2. The summed E-state index contributed by atoms with van der Waals surface area (Å²) in [6.45, 7) is 2.19. The number of amides is 2. The monoisotopic (exact) mass is 572 g/mol. The number of aliphatic carboxylic acids is 1. The van der Waals surface area contributed by atoms with Crippen molar-refractivity contribution >= 4 is 39.5 Å². The van der Waals surface area contributed by atoms with Gasteiger partial charge in [-0.25, -0.2) is 13.2 Å². The Morgan fingerprint density at radius 2 is 1.77 bits per heavy atom. The van der Waals surface area contributed by atoms with E-state index >= 15 is 0 Å². The fourth-order valence-electron chi connectivity index (χ4n) is 4.60. The Morgan fingerprint density at radius 1 is 1.10 bits per heavy atom. The summed E-state index contributed by atoms with van der Waals surface area (Å²) in [6, 6.07) is 13.2. The van der Waals surface area contributed by atoms with Crippen LogP contribution in [0.5, 0.6) is 0 Å². The number of nitrogens with one attached hydrogen (secondary N) is 4. The Morgan fingerprint density at radius 3 is 2.40 bits per heavy atom. The number of hydrogen-bond acceptors (Lipinski definition) is 6. The van der Waals surface area contributed by atoms with Crippen molar-refractivity contribution in [1.29, 1.82) is 5.41 Å². The van der Waals surface area contributed by atoms with Crippen LogP contribution in [0.1, 0.15) is 44.6 Å². The number of unbranched alkanes of at least 4 members (excludes halogenated alkanes) is 1. The second-order valence-electron chi connectivity index (χ2n) is 9.88. The largest absolute Gasteiger partial charge is 0.480 e. The van der Waals surface area contributed by atoms with Gasteiger partial charge in [0, 0.05) is 31.6 Å². The number of nitrogens with zero attached hydrogens (tertiary/aromatic N) is 1. The first kappa shape index (κ1) is 30.6. The molecular formula is C27H36N6O6S. The summed E-state index contributed by atoms with van der Waals surface area (Å²) >= 11 is 0. The number of guanidine groups is 1. The van der Waals surface area contributed by atoms with Gasteiger partial charge in [0.15, 0.2) is 5.96 Å². The highest BCUT2D eigenvalue weighted by molar-refractivity contribution is 7.89. The van der Waals surface area contributed by atoms with E-state index in [1.165, 1.54) is 19.1 Å². The molecule has 0 bridgehead atoms. The number of anilines is 1. The lowest BCUT2D eigenvalue weighted by Crippen LogP contribution is -2.58. The minimum absolute atomic E-state index is 0.0278. The van der Waals surface area contributed by atoms with E-state index in [0.717, 1.165) is 4.31 Å². The molecule has 3 rings (SSSR count). The summed E-state index contributed by atoms with van der Waals surface area (Å²) in [6.07, 6.45) is 2.30. The molecule has 0 radical (unpaired) electrons. The standard InChI is InChI=1S/C27H36N6O6S/c1-27(15-7-17-33(27)40(38,39)21-8-3-2-4-9-21)25(37)32-22(24(35)36)18-19-11-13-20(14-12-19)31-23(34)10-5-6-16-30-26(28)29/h2-4,8-9,11-14,22H,5-7,10,15-18H2,1H3,(H,31,34)(H,32,37)(H,35,36)(H4,28,29,30)/t22-,27-/m0/s1. The summed E-state index contributed by atoms with van der Waals surface area (Å²) < 4.78 is 27.7. The molecule has 2 atom stereocenters. The van der Waals surface area contributed by atoms with Gasteiger partial charge in [0.2, 0.25) is 21.8 Å². The van der Waals surface area contributed by atoms with Gasteiger partial charge in [-0.1, -0.05) is 30.3 Å². The number of hydrogen-bond donors (Lipinski definition) is 6. The predicted octanol–water partition coefficient (Wildman–Crippen LogP) is 1.63. The van der Waals surface area contributed by atoms with Crippen LogP contribution in [0.15, 0.2) is 59.5 Å². The lowest BCUT2D eigenvalue weighted by molar-refractivity contribution is -0.143. The zero-order valence-electron chi connectivity index (χ0n) is 22.4. The van der Waals surface area contributed by atoms with Crippen molar-refractivity contribution in [3.8, 4) is 0 Å². The molecule has 0 unspecified atom stereocenters. The van der Waals surface area contributed by atoms with E-state index in [4.69, 9.17) is 11.1 Å². The van der Waals surface area contributed by atoms with E-state index in [9.17, 15) is 27.9 Å². The molecule has 13 heteroatoms. The Hall–Kier alpha value is -3.97. The number of carbonyl (C=O) groups excluding carboxylic acids is 2. The average Bonchev–Trinajstić information content (AvgIpc) is 3.33. The molecule has 7 N–H and O–H groups in total. The number of carboxylic acid groups (broad SMARTS) is 1. The molecule has 216 valence electrons. The number of carbonyl (C=O) groups is 3. The van der Waals surface area contributed by atoms with Gasteiger partial charge in [0.05, 0.1) is 4.90 Å². The van der Waals surface area contributed by atoms with Crippen molar-refractivity contribution in [2.75, 3.05) is 18.4 Å². The highest BCUT2D eigenvalue weighted by Gasteiger charge is 2.50. The molecule has 0 saturated carbocycles. The maximum absolute atomic E-state index is 13.3. The van der Waals surface area contributed by atoms with E-state index in [2.05, 4.69) is 16.0 Å². The molecular weight excluding hydrogens is 536 g/mol. The van der Waals surface area contributed by atoms with Gasteiger partial charge in [-0.15, -0.1) is 0 Å². The predicted molar refractivity (Wildman–Crippen MR) is 150 cm³/mol. The third kappa shape index (κ3) is 7.79. The van der Waals surface area contributed by atoms with Crippen LogP contribution in [-0.4, -0.2) is 66.2 Å². The second kappa shape index (κ2) is 13.4. The van der Waals surface area contributed by atoms with Gasteiger partial charge < -0.3 is 26.8 Å². The van der Waals surface area contributed by atoms with Crippen molar-refractivity contribution < 1.29 is 27.9 Å². The summed E-state index contributed by atoms with van der Waals surface area (Å²) in [5, 5.41) is 24.9. The van der Waals surface area contributed by atoms with Crippen LogP contribution in [0, 0.1) is 5.41 Å². The van der Waals surface area contributed by atoms with Crippen molar-refractivity contribution in [2.24, 2.45) is 5.73 Å². The summed E-state index contributed by atoms with van der Waals surface area (Å²) in [5.41, 5.74) is 4.94. The minimum Gasteiger partial charge on any atom is -0.480 e. The Kier molecular flexibility index (Phi) is 10.2. The smallest absolute Gasteiger partial charge is 0.326 e. The number of benzene rings is 2. The van der Waals surface area contributed by atoms with E-state index in [1.807, 2.05) is 0 Å². The molecule has 12 nitrogen and oxygen atoms in total. The van der Waals surface area contributed by atoms with Crippen LogP contribution < -0.4 is 21.7 Å². The molecule has 1 fully saturated rings. The van der Waals surface area contributed by atoms with Crippen LogP contribution in [0.2, 0.25) is 0 Å². The Balaban J connectivity index is 1.60. The minimum atomic E-state index is -3.96. The van der Waals surface area contributed by atoms with Crippen LogP contribution >= 0.6 is 0 Å². The first-order chi connectivity index (χ1) is 18.9. The highest BCUT2D eigenvalue weighted by Crippen LogP contribution is 2.35. The van der Waals surface area contributed by atoms with Gasteiger partial charge >= 0.3 is 5.97 Å². The number of sulfonamides is 1. The van der Waals surface area contributed by atoms with E-state index < -0.39 is 33.5 Å². The third-order valence-electron chi connectivity index (χ3n) is 6.82. The first-order valence-electron chi connectivity index (χ1n) is 13.0. The van der Waals surface area contributed by atoms with Crippen LogP contribution in [0.4, 0.5) is 5.69 Å². The summed E-state index contributed by atoms with van der Waals surface area (Å²) in [4.78, 5) is 37.6. The maximum atomic E-state index is 13.3. The highest BCUT2D eigenvalue weighted by atomic mass is 32.2. The van der Waals surface area contributed by atoms with Crippen LogP contribution in [-0.2, 0) is 30.8 Å². The fraction of sp³-hybridized carbons (Fsp3) is 0.407. The first-order valence-corrected chi connectivity index (χ1v) is 14.5.